The summed E-state index contributed by atoms with van der Waals surface area (Å²) in [4.78, 5) is 14.0. The van der Waals surface area contributed by atoms with Crippen molar-refractivity contribution in [1.82, 2.24) is 4.90 Å². The van der Waals surface area contributed by atoms with Crippen LogP contribution >= 0.6 is 0 Å². The normalized spacial score (nSPS) is 30.1. The van der Waals surface area contributed by atoms with Gasteiger partial charge in [-0.15, -0.1) is 0 Å². The highest BCUT2D eigenvalue weighted by Crippen LogP contribution is 2.27. The van der Waals surface area contributed by atoms with Crippen LogP contribution in [-0.2, 0) is 4.79 Å². The van der Waals surface area contributed by atoms with Crippen LogP contribution in [0.4, 0.5) is 0 Å². The van der Waals surface area contributed by atoms with Crippen LogP contribution < -0.4 is 0 Å². The van der Waals surface area contributed by atoms with Crippen LogP contribution in [0.15, 0.2) is 0 Å². The van der Waals surface area contributed by atoms with E-state index < -0.39 is 0 Å². The first-order valence-electron chi connectivity index (χ1n) is 6.03. The maximum Gasteiger partial charge on any atom is 0.149 e. The number of likely N-dealkylation sites (N-methyl/N-ethyl adjacent to an activating group) is 1. The van der Waals surface area contributed by atoms with Gasteiger partial charge in [-0.25, -0.2) is 0 Å². The molecule has 1 unspecified atom stereocenters. The smallest absolute Gasteiger partial charge is 0.149 e. The molecular weight excluding hydrogens is 174 g/mol. The fourth-order valence-electron chi connectivity index (χ4n) is 2.97. The Morgan fingerprint density at radius 1 is 1.07 bits per heavy atom. The van der Waals surface area contributed by atoms with E-state index in [2.05, 4.69) is 11.9 Å². The van der Waals surface area contributed by atoms with Crippen molar-refractivity contribution in [2.45, 2.75) is 63.5 Å². The van der Waals surface area contributed by atoms with Crippen LogP contribution in [0.5, 0.6) is 0 Å². The van der Waals surface area contributed by atoms with Crippen LogP contribution in [0.25, 0.3) is 0 Å². The lowest BCUT2D eigenvalue weighted by atomic mass is 9.93. The lowest BCUT2D eigenvalue weighted by Crippen LogP contribution is -2.43. The molecule has 14 heavy (non-hydrogen) atoms. The number of hydrogen-bond donors (Lipinski definition) is 0. The van der Waals surface area contributed by atoms with Crippen molar-refractivity contribution in [3.05, 3.63) is 0 Å². The Morgan fingerprint density at radius 2 is 1.79 bits per heavy atom. The fourth-order valence-corrected chi connectivity index (χ4v) is 2.97. The molecule has 0 heterocycles. The highest BCUT2D eigenvalue weighted by Gasteiger charge is 2.32. The van der Waals surface area contributed by atoms with Gasteiger partial charge in [-0.1, -0.05) is 19.3 Å². The SMILES string of the molecule is CN(C1CCCCC1)C1CCCC1=O. The van der Waals surface area contributed by atoms with Gasteiger partial charge in [0.1, 0.15) is 5.78 Å². The number of Topliss-reactive ketones (excluding diaryl/α,β-unsaturated/α-hetero) is 1. The predicted molar refractivity (Wildman–Crippen MR) is 57.3 cm³/mol. The molecule has 0 N–H and O–H groups in total. The molecule has 0 aromatic rings. The minimum Gasteiger partial charge on any atom is -0.298 e. The molecule has 0 aromatic carbocycles. The molecule has 0 aromatic heterocycles. The molecule has 0 saturated heterocycles. The first-order chi connectivity index (χ1) is 6.79. The molecule has 2 rings (SSSR count). The molecule has 2 fully saturated rings. The third kappa shape index (κ3) is 2.00. The van der Waals surface area contributed by atoms with E-state index in [0.717, 1.165) is 19.3 Å². The second-order valence-electron chi connectivity index (χ2n) is 4.83. The van der Waals surface area contributed by atoms with Crippen LogP contribution in [-0.4, -0.2) is 29.8 Å². The first kappa shape index (κ1) is 10.2. The van der Waals surface area contributed by atoms with Crippen molar-refractivity contribution < 1.29 is 4.79 Å². The second kappa shape index (κ2) is 4.43. The van der Waals surface area contributed by atoms with E-state index in [1.54, 1.807) is 0 Å². The summed E-state index contributed by atoms with van der Waals surface area (Å²) in [6.07, 6.45) is 9.75. The highest BCUT2D eigenvalue weighted by atomic mass is 16.1. The van der Waals surface area contributed by atoms with Gasteiger partial charge in [0, 0.05) is 12.5 Å². The molecule has 1 atom stereocenters. The zero-order valence-corrected chi connectivity index (χ0v) is 9.17. The van der Waals surface area contributed by atoms with Crippen LogP contribution in [0, 0.1) is 0 Å². The highest BCUT2D eigenvalue weighted by molar-refractivity contribution is 5.85. The van der Waals surface area contributed by atoms with Crippen molar-refractivity contribution in [2.75, 3.05) is 7.05 Å². The van der Waals surface area contributed by atoms with Crippen molar-refractivity contribution in [3.8, 4) is 0 Å². The van der Waals surface area contributed by atoms with Gasteiger partial charge in [-0.05, 0) is 32.7 Å². The molecule has 2 saturated carbocycles. The van der Waals surface area contributed by atoms with E-state index in [1.807, 2.05) is 0 Å². The number of carbonyl (C=O) groups excluding carboxylic acids is 1. The van der Waals surface area contributed by atoms with Gasteiger partial charge < -0.3 is 0 Å². The van der Waals surface area contributed by atoms with Gasteiger partial charge in [0.15, 0.2) is 0 Å². The molecule has 0 aliphatic heterocycles. The molecule has 0 radical (unpaired) electrons. The average molecular weight is 195 g/mol. The van der Waals surface area contributed by atoms with Crippen LogP contribution in [0.1, 0.15) is 51.4 Å². The number of carbonyl (C=O) groups is 1. The fraction of sp³-hybridized carbons (Fsp3) is 0.917. The van der Waals surface area contributed by atoms with Gasteiger partial charge in [0.25, 0.3) is 0 Å². The Balaban J connectivity index is 1.92. The molecule has 80 valence electrons. The van der Waals surface area contributed by atoms with Crippen molar-refractivity contribution >= 4 is 5.78 Å². The zero-order chi connectivity index (χ0) is 9.97. The number of hydrogen-bond acceptors (Lipinski definition) is 2. The van der Waals surface area contributed by atoms with Crippen molar-refractivity contribution in [1.29, 1.82) is 0 Å². The molecule has 0 amide bonds. The second-order valence-corrected chi connectivity index (χ2v) is 4.83. The largest absolute Gasteiger partial charge is 0.298 e. The third-order valence-electron chi connectivity index (χ3n) is 3.91. The average Bonchev–Trinajstić information content (AvgIpc) is 2.65. The predicted octanol–water partition coefficient (Wildman–Crippen LogP) is 2.37. The standard InChI is InChI=1S/C12H21NO/c1-13(10-6-3-2-4-7-10)11-8-5-9-12(11)14/h10-11H,2-9H2,1H3. The topological polar surface area (TPSA) is 20.3 Å². The Kier molecular flexibility index (Phi) is 3.22. The lowest BCUT2D eigenvalue weighted by Gasteiger charge is -2.34. The van der Waals surface area contributed by atoms with Gasteiger partial charge in [0.05, 0.1) is 6.04 Å². The Labute approximate surface area is 86.7 Å². The van der Waals surface area contributed by atoms with Gasteiger partial charge in [-0.2, -0.15) is 0 Å². The zero-order valence-electron chi connectivity index (χ0n) is 9.17. The minimum atomic E-state index is 0.262. The number of ketones is 1. The molecular formula is C12H21NO. The van der Waals surface area contributed by atoms with Crippen molar-refractivity contribution in [2.24, 2.45) is 0 Å². The quantitative estimate of drug-likeness (QED) is 0.674. The van der Waals surface area contributed by atoms with E-state index in [1.165, 1.54) is 32.1 Å². The van der Waals surface area contributed by atoms with E-state index in [9.17, 15) is 4.79 Å². The third-order valence-corrected chi connectivity index (χ3v) is 3.91. The van der Waals surface area contributed by atoms with Crippen LogP contribution in [0.3, 0.4) is 0 Å². The van der Waals surface area contributed by atoms with E-state index in [0.29, 0.717) is 11.8 Å². The van der Waals surface area contributed by atoms with Gasteiger partial charge >= 0.3 is 0 Å². The van der Waals surface area contributed by atoms with Crippen LogP contribution in [0.2, 0.25) is 0 Å². The van der Waals surface area contributed by atoms with E-state index >= 15 is 0 Å². The summed E-state index contributed by atoms with van der Waals surface area (Å²) >= 11 is 0. The van der Waals surface area contributed by atoms with Gasteiger partial charge in [-0.3, -0.25) is 9.69 Å². The Morgan fingerprint density at radius 3 is 2.36 bits per heavy atom. The van der Waals surface area contributed by atoms with Gasteiger partial charge in [0.2, 0.25) is 0 Å². The summed E-state index contributed by atoms with van der Waals surface area (Å²) in [6, 6.07) is 0.953. The Hall–Kier alpha value is -0.370. The maximum absolute atomic E-state index is 11.6. The summed E-state index contributed by atoms with van der Waals surface area (Å²) in [5.74, 6) is 0.484. The number of rotatable bonds is 2. The molecule has 2 aliphatic rings. The summed E-state index contributed by atoms with van der Waals surface area (Å²) < 4.78 is 0. The molecule has 0 bridgehead atoms. The van der Waals surface area contributed by atoms with E-state index in [-0.39, 0.29) is 6.04 Å². The summed E-state index contributed by atoms with van der Waals surface area (Å²) in [5.41, 5.74) is 0. The molecule has 2 nitrogen and oxygen atoms in total. The summed E-state index contributed by atoms with van der Waals surface area (Å²) in [5, 5.41) is 0. The number of nitrogens with zero attached hydrogens (tertiary/aromatic N) is 1. The van der Waals surface area contributed by atoms with E-state index in [4.69, 9.17) is 0 Å². The minimum absolute atomic E-state index is 0.262. The molecule has 0 spiro atoms. The maximum atomic E-state index is 11.6. The monoisotopic (exact) mass is 195 g/mol. The molecule has 2 heteroatoms. The first-order valence-corrected chi connectivity index (χ1v) is 6.03. The lowest BCUT2D eigenvalue weighted by molar-refractivity contribution is -0.122. The molecule has 2 aliphatic carbocycles. The summed E-state index contributed by atoms with van der Waals surface area (Å²) in [7, 11) is 2.16. The van der Waals surface area contributed by atoms with Crippen molar-refractivity contribution in [3.63, 3.8) is 0 Å². The summed E-state index contributed by atoms with van der Waals surface area (Å²) in [6.45, 7) is 0. The Bertz CT molecular complexity index is 208.